The summed E-state index contributed by atoms with van der Waals surface area (Å²) in [5.74, 6) is -0.390. The lowest BCUT2D eigenvalue weighted by atomic mass is 10.2. The summed E-state index contributed by atoms with van der Waals surface area (Å²) in [5, 5.41) is 0. The molecule has 5 heteroatoms. The molecule has 0 aromatic rings. The summed E-state index contributed by atoms with van der Waals surface area (Å²) >= 11 is 0. The minimum atomic E-state index is -1.86. The molecule has 1 heterocycles. The molecular weight excluding hydrogens is 167 g/mol. The normalized spacial score (nSPS) is 26.1. The molecule has 11 heavy (non-hydrogen) atoms. The zero-order valence-electron chi connectivity index (χ0n) is 6.28. The molecule has 0 radical (unpaired) electrons. The Balaban J connectivity index is 2.54. The monoisotopic (exact) mass is 177 g/mol. The summed E-state index contributed by atoms with van der Waals surface area (Å²) in [6, 6.07) is 0. The van der Waals surface area contributed by atoms with Crippen molar-refractivity contribution in [1.82, 2.24) is 0 Å². The molecule has 0 saturated carbocycles. The Bertz CT molecular complexity index is 171. The number of cyclic esters (lactones) is 1. The summed E-state index contributed by atoms with van der Waals surface area (Å²) in [5.41, 5.74) is -0.538. The van der Waals surface area contributed by atoms with Crippen LogP contribution >= 0.6 is 8.03 Å². The van der Waals surface area contributed by atoms with Gasteiger partial charge in [0.1, 0.15) is 0 Å². The molecule has 0 aromatic heterocycles. The molecule has 1 aliphatic heterocycles. The largest absolute Gasteiger partial charge is 0.523 e. The maximum absolute atomic E-state index is 11.0. The first-order valence-corrected chi connectivity index (χ1v) is 4.67. The summed E-state index contributed by atoms with van der Waals surface area (Å²) < 4.78 is 20.3. The molecule has 1 rings (SSSR count). The van der Waals surface area contributed by atoms with Gasteiger partial charge in [0.05, 0.1) is 13.7 Å². The van der Waals surface area contributed by atoms with Crippen molar-refractivity contribution < 1.29 is 18.6 Å². The lowest BCUT2D eigenvalue weighted by Crippen LogP contribution is -2.26. The molecule has 1 saturated heterocycles. The van der Waals surface area contributed by atoms with E-state index in [2.05, 4.69) is 4.52 Å². The Morgan fingerprint density at radius 3 is 3.00 bits per heavy atom. The Morgan fingerprint density at radius 2 is 2.45 bits per heavy atom. The Hall–Kier alpha value is -0.470. The van der Waals surface area contributed by atoms with Crippen LogP contribution in [-0.4, -0.2) is 25.3 Å². The van der Waals surface area contributed by atoms with Gasteiger partial charge in [-0.1, -0.05) is 0 Å². The number of hydrogen-bond acceptors (Lipinski definition) is 4. The average molecular weight is 177 g/mol. The van der Waals surface area contributed by atoms with Gasteiger partial charge >= 0.3 is 14.0 Å². The van der Waals surface area contributed by atoms with E-state index in [-0.39, 0.29) is 5.97 Å². The van der Waals surface area contributed by atoms with Crippen molar-refractivity contribution in [1.29, 1.82) is 0 Å². The number of esters is 1. The number of ether oxygens (including phenoxy) is 1. The molecule has 0 N–H and O–H groups in total. The topological polar surface area (TPSA) is 52.6 Å². The van der Waals surface area contributed by atoms with E-state index in [1.807, 2.05) is 0 Å². The van der Waals surface area contributed by atoms with Gasteiger partial charge < -0.3 is 4.74 Å². The minimum absolute atomic E-state index is 0.390. The second-order valence-corrected chi connectivity index (χ2v) is 3.85. The third-order valence-corrected chi connectivity index (χ3v) is 2.91. The van der Waals surface area contributed by atoms with Gasteiger partial charge in [-0.05, 0) is 11.0 Å². The summed E-state index contributed by atoms with van der Waals surface area (Å²) in [6.45, 7) is 0.447. The van der Waals surface area contributed by atoms with Crippen molar-refractivity contribution >= 4 is 14.0 Å². The van der Waals surface area contributed by atoms with Crippen molar-refractivity contribution in [2.24, 2.45) is 0 Å². The fourth-order valence-corrected chi connectivity index (χ4v) is 1.88. The molecule has 0 amide bonds. The lowest BCUT2D eigenvalue weighted by Gasteiger charge is -2.11. The second kappa shape index (κ2) is 3.79. The van der Waals surface area contributed by atoms with E-state index in [9.17, 15) is 9.36 Å². The van der Waals surface area contributed by atoms with Gasteiger partial charge in [-0.25, -0.2) is 4.79 Å². The van der Waals surface area contributed by atoms with Crippen molar-refractivity contribution in [3.63, 3.8) is 0 Å². The van der Waals surface area contributed by atoms with E-state index in [1.165, 1.54) is 7.11 Å². The van der Waals surface area contributed by atoms with E-state index in [1.54, 1.807) is 0 Å². The predicted molar refractivity (Wildman–Crippen MR) is 38.6 cm³/mol. The number of hydrogen-bond donors (Lipinski definition) is 0. The molecule has 2 unspecified atom stereocenters. The third-order valence-electron chi connectivity index (χ3n) is 1.57. The van der Waals surface area contributed by atoms with Crippen molar-refractivity contribution in [2.75, 3.05) is 13.7 Å². The zero-order chi connectivity index (χ0) is 8.27. The molecule has 0 aliphatic carbocycles. The van der Waals surface area contributed by atoms with Crippen LogP contribution in [0.3, 0.4) is 0 Å². The molecule has 62 valence electrons. The minimum Gasteiger partial charge on any atom is -0.462 e. The van der Waals surface area contributed by atoms with E-state index in [4.69, 9.17) is 4.74 Å². The van der Waals surface area contributed by atoms with Gasteiger partial charge in [-0.3, -0.25) is 0 Å². The van der Waals surface area contributed by atoms with Crippen LogP contribution in [0.1, 0.15) is 12.8 Å². The third kappa shape index (κ3) is 1.98. The Labute approximate surface area is 65.7 Å². The number of rotatable bonds is 2. The Morgan fingerprint density at radius 1 is 1.73 bits per heavy atom. The number of carbonyl (C=O) groups excluding carboxylic acids is 1. The number of carbonyl (C=O) groups is 1. The van der Waals surface area contributed by atoms with Crippen LogP contribution in [-0.2, 0) is 18.6 Å². The van der Waals surface area contributed by atoms with Crippen molar-refractivity contribution in [2.45, 2.75) is 18.5 Å². The molecule has 0 bridgehead atoms. The molecule has 1 aliphatic rings. The SMILES string of the molecule is CO[P+](=O)C1CCCOC1=O. The van der Waals surface area contributed by atoms with Crippen LogP contribution in [0.5, 0.6) is 0 Å². The predicted octanol–water partition coefficient (Wildman–Crippen LogP) is 1.08. The highest BCUT2D eigenvalue weighted by Gasteiger charge is 2.42. The van der Waals surface area contributed by atoms with Crippen LogP contribution in [0.2, 0.25) is 0 Å². The van der Waals surface area contributed by atoms with Crippen molar-refractivity contribution in [3.8, 4) is 0 Å². The zero-order valence-corrected chi connectivity index (χ0v) is 7.17. The molecule has 4 nitrogen and oxygen atoms in total. The highest BCUT2D eigenvalue weighted by Crippen LogP contribution is 2.34. The molecule has 0 spiro atoms. The summed E-state index contributed by atoms with van der Waals surface area (Å²) in [6.07, 6.45) is 1.39. The Kier molecular flexibility index (Phi) is 2.97. The first kappa shape index (κ1) is 8.62. The fourth-order valence-electron chi connectivity index (χ4n) is 0.982. The highest BCUT2D eigenvalue weighted by atomic mass is 31.1. The summed E-state index contributed by atoms with van der Waals surface area (Å²) in [7, 11) is -0.526. The first-order chi connectivity index (χ1) is 5.25. The molecule has 1 fully saturated rings. The maximum Gasteiger partial charge on any atom is 0.523 e. The van der Waals surface area contributed by atoms with Gasteiger partial charge in [0, 0.05) is 6.42 Å². The maximum atomic E-state index is 11.0. The van der Waals surface area contributed by atoms with Gasteiger partial charge in [-0.2, -0.15) is 0 Å². The smallest absolute Gasteiger partial charge is 0.462 e. The van der Waals surface area contributed by atoms with Crippen molar-refractivity contribution in [3.05, 3.63) is 0 Å². The molecule has 0 aromatic carbocycles. The van der Waals surface area contributed by atoms with Crippen LogP contribution in [0.25, 0.3) is 0 Å². The van der Waals surface area contributed by atoms with E-state index in [0.29, 0.717) is 13.0 Å². The van der Waals surface area contributed by atoms with Gasteiger partial charge in [0.25, 0.3) is 5.66 Å². The highest BCUT2D eigenvalue weighted by molar-refractivity contribution is 7.41. The average Bonchev–Trinajstić information content (AvgIpc) is 2.04. The first-order valence-electron chi connectivity index (χ1n) is 3.43. The summed E-state index contributed by atoms with van der Waals surface area (Å²) in [4.78, 5) is 10.9. The second-order valence-electron chi connectivity index (χ2n) is 2.29. The van der Waals surface area contributed by atoms with E-state index < -0.39 is 13.7 Å². The van der Waals surface area contributed by atoms with Gasteiger partial charge in [0.15, 0.2) is 0 Å². The van der Waals surface area contributed by atoms with Crippen LogP contribution in [0, 0.1) is 0 Å². The van der Waals surface area contributed by atoms with Crippen LogP contribution in [0.4, 0.5) is 0 Å². The van der Waals surface area contributed by atoms with Crippen LogP contribution in [0.15, 0.2) is 0 Å². The van der Waals surface area contributed by atoms with Crippen LogP contribution < -0.4 is 0 Å². The quantitative estimate of drug-likeness (QED) is 0.467. The molecule has 2 atom stereocenters. The van der Waals surface area contributed by atoms with E-state index in [0.717, 1.165) is 6.42 Å². The van der Waals surface area contributed by atoms with E-state index >= 15 is 0 Å². The lowest BCUT2D eigenvalue weighted by molar-refractivity contribution is -0.146. The van der Waals surface area contributed by atoms with Gasteiger partial charge in [0.2, 0.25) is 0 Å². The fraction of sp³-hybridized carbons (Fsp3) is 0.833. The molecular formula is C6H10O4P+. The van der Waals surface area contributed by atoms with Gasteiger partial charge in [-0.15, -0.1) is 4.52 Å². The standard InChI is InChI=1S/C6H10O4P/c1-9-11(8)5-3-2-4-10-6(5)7/h5H,2-4H2,1H3/q+1.